The Labute approximate surface area is 211 Å². The molecule has 0 bridgehead atoms. The maximum atomic E-state index is 12.2. The highest BCUT2D eigenvalue weighted by molar-refractivity contribution is 5.95. The zero-order chi connectivity index (χ0) is 25.2. The summed E-state index contributed by atoms with van der Waals surface area (Å²) in [6, 6.07) is 19.8. The van der Waals surface area contributed by atoms with Crippen molar-refractivity contribution in [2.45, 2.75) is 45.7 Å². The number of phenols is 1. The molecule has 1 atom stereocenters. The highest BCUT2D eigenvalue weighted by Crippen LogP contribution is 2.40. The molecule has 36 heavy (non-hydrogen) atoms. The van der Waals surface area contributed by atoms with Gasteiger partial charge in [0.1, 0.15) is 11.6 Å². The monoisotopic (exact) mass is 480 g/mol. The summed E-state index contributed by atoms with van der Waals surface area (Å²) >= 11 is 0. The Morgan fingerprint density at radius 2 is 1.81 bits per heavy atom. The largest absolute Gasteiger partial charge is 0.508 e. The maximum absolute atomic E-state index is 12.2. The van der Waals surface area contributed by atoms with Crippen LogP contribution in [0.1, 0.15) is 63.8 Å². The van der Waals surface area contributed by atoms with Gasteiger partial charge in [0, 0.05) is 36.1 Å². The van der Waals surface area contributed by atoms with Crippen LogP contribution in [0.25, 0.3) is 11.4 Å². The summed E-state index contributed by atoms with van der Waals surface area (Å²) in [5.41, 5.74) is 14.2. The number of amides is 1. The van der Waals surface area contributed by atoms with Crippen LogP contribution in [0, 0.1) is 0 Å². The Morgan fingerprint density at radius 3 is 2.53 bits per heavy atom. The van der Waals surface area contributed by atoms with Crippen molar-refractivity contribution in [1.29, 1.82) is 0 Å². The Balaban J connectivity index is 1.58. The number of carbonyl (C=O) groups is 1. The third-order valence-corrected chi connectivity index (χ3v) is 7.24. The van der Waals surface area contributed by atoms with E-state index < -0.39 is 0 Å². The Hall–Kier alpha value is -3.90. The number of fused-ring (bicyclic) bond motifs is 1. The van der Waals surface area contributed by atoms with Gasteiger partial charge in [-0.25, -0.2) is 4.98 Å². The SMILES string of the molecule is CCc1c(C(N)=O)ccc(C2c3ccc(O)cc3CCN2Cc2cnc(-c3ccccc3)[nH]2)c1CC. The van der Waals surface area contributed by atoms with E-state index >= 15 is 0 Å². The van der Waals surface area contributed by atoms with Gasteiger partial charge in [-0.15, -0.1) is 0 Å². The van der Waals surface area contributed by atoms with Crippen LogP contribution in [-0.2, 0) is 25.8 Å². The summed E-state index contributed by atoms with van der Waals surface area (Å²) in [7, 11) is 0. The average molecular weight is 481 g/mol. The van der Waals surface area contributed by atoms with E-state index in [0.29, 0.717) is 12.1 Å². The van der Waals surface area contributed by atoms with Gasteiger partial charge < -0.3 is 15.8 Å². The van der Waals surface area contributed by atoms with Crippen molar-refractivity contribution in [3.8, 4) is 17.1 Å². The van der Waals surface area contributed by atoms with Crippen molar-refractivity contribution in [2.75, 3.05) is 6.54 Å². The molecule has 6 heteroatoms. The zero-order valence-electron chi connectivity index (χ0n) is 20.8. The van der Waals surface area contributed by atoms with Crippen molar-refractivity contribution in [3.63, 3.8) is 0 Å². The average Bonchev–Trinajstić information content (AvgIpc) is 3.36. The molecule has 6 nitrogen and oxygen atoms in total. The van der Waals surface area contributed by atoms with Crippen molar-refractivity contribution >= 4 is 5.91 Å². The number of aromatic nitrogens is 2. The Bertz CT molecular complexity index is 1390. The van der Waals surface area contributed by atoms with E-state index in [0.717, 1.165) is 54.0 Å². The normalized spacial score (nSPS) is 15.6. The summed E-state index contributed by atoms with van der Waals surface area (Å²) in [4.78, 5) is 22.8. The first-order chi connectivity index (χ1) is 17.5. The molecule has 0 radical (unpaired) electrons. The van der Waals surface area contributed by atoms with E-state index in [9.17, 15) is 9.90 Å². The number of benzene rings is 3. The number of rotatable bonds is 7. The lowest BCUT2D eigenvalue weighted by atomic mass is 9.82. The molecule has 0 saturated heterocycles. The predicted molar refractivity (Wildman–Crippen MR) is 142 cm³/mol. The highest BCUT2D eigenvalue weighted by atomic mass is 16.3. The molecule has 1 aromatic heterocycles. The lowest BCUT2D eigenvalue weighted by Crippen LogP contribution is -2.36. The molecular formula is C30H32N4O2. The third kappa shape index (κ3) is 4.40. The highest BCUT2D eigenvalue weighted by Gasteiger charge is 2.32. The first-order valence-electron chi connectivity index (χ1n) is 12.6. The van der Waals surface area contributed by atoms with Crippen LogP contribution in [0.15, 0.2) is 66.9 Å². The number of aromatic amines is 1. The molecular weight excluding hydrogens is 448 g/mol. The van der Waals surface area contributed by atoms with Crippen LogP contribution < -0.4 is 5.73 Å². The third-order valence-electron chi connectivity index (χ3n) is 7.24. The maximum Gasteiger partial charge on any atom is 0.248 e. The number of nitrogens with zero attached hydrogens (tertiary/aromatic N) is 2. The van der Waals surface area contributed by atoms with Crippen LogP contribution in [0.4, 0.5) is 0 Å². The second-order valence-corrected chi connectivity index (χ2v) is 9.36. The summed E-state index contributed by atoms with van der Waals surface area (Å²) in [6.45, 7) is 5.75. The second-order valence-electron chi connectivity index (χ2n) is 9.36. The number of nitrogens with two attached hydrogens (primary N) is 1. The number of imidazole rings is 1. The molecule has 1 unspecified atom stereocenters. The van der Waals surface area contributed by atoms with Gasteiger partial charge in [-0.05, 0) is 65.3 Å². The topological polar surface area (TPSA) is 95.2 Å². The number of aromatic hydroxyl groups is 1. The number of hydrogen-bond acceptors (Lipinski definition) is 4. The van der Waals surface area contributed by atoms with Crippen LogP contribution in [0.2, 0.25) is 0 Å². The molecule has 2 heterocycles. The van der Waals surface area contributed by atoms with Crippen molar-refractivity contribution in [1.82, 2.24) is 14.9 Å². The standard InChI is InChI=1S/C30H32N4O2/c1-3-23-24(4-2)27(29(31)36)13-12-26(23)28-25-11-10-22(35)16-20(25)14-15-34(28)18-21-17-32-30(33-21)19-8-6-5-7-9-19/h5-13,16-17,28,35H,3-4,14-15,18H2,1-2H3,(H2,31,36)(H,32,33). The number of H-pyrrole nitrogens is 1. The lowest BCUT2D eigenvalue weighted by molar-refractivity contribution is 0.0999. The molecule has 5 rings (SSSR count). The van der Waals surface area contributed by atoms with E-state index in [4.69, 9.17) is 5.73 Å². The molecule has 0 saturated carbocycles. The number of nitrogens with one attached hydrogen (secondary N) is 1. The van der Waals surface area contributed by atoms with Gasteiger partial charge in [0.25, 0.3) is 0 Å². The molecule has 4 aromatic rings. The van der Waals surface area contributed by atoms with Crippen molar-refractivity contribution in [3.05, 3.63) is 106 Å². The van der Waals surface area contributed by atoms with Gasteiger partial charge in [0.2, 0.25) is 5.91 Å². The fourth-order valence-corrected chi connectivity index (χ4v) is 5.62. The minimum Gasteiger partial charge on any atom is -0.508 e. The molecule has 0 spiro atoms. The summed E-state index contributed by atoms with van der Waals surface area (Å²) < 4.78 is 0. The van der Waals surface area contributed by atoms with E-state index in [1.165, 1.54) is 16.7 Å². The smallest absolute Gasteiger partial charge is 0.248 e. The van der Waals surface area contributed by atoms with Crippen LogP contribution in [0.5, 0.6) is 5.75 Å². The summed E-state index contributed by atoms with van der Waals surface area (Å²) in [5.74, 6) is 0.763. The van der Waals surface area contributed by atoms with E-state index in [-0.39, 0.29) is 17.7 Å². The fourth-order valence-electron chi connectivity index (χ4n) is 5.62. The minimum atomic E-state index is -0.384. The van der Waals surface area contributed by atoms with Crippen LogP contribution >= 0.6 is 0 Å². The van der Waals surface area contributed by atoms with Gasteiger partial charge in [0.15, 0.2) is 0 Å². The molecule has 3 aromatic carbocycles. The van der Waals surface area contributed by atoms with Gasteiger partial charge >= 0.3 is 0 Å². The van der Waals surface area contributed by atoms with Gasteiger partial charge in [0.05, 0.1) is 6.04 Å². The molecule has 0 fully saturated rings. The predicted octanol–water partition coefficient (Wildman–Crippen LogP) is 5.15. The van der Waals surface area contributed by atoms with E-state index in [1.54, 1.807) is 6.07 Å². The van der Waals surface area contributed by atoms with Gasteiger partial charge in [-0.1, -0.05) is 56.3 Å². The van der Waals surface area contributed by atoms with Crippen molar-refractivity contribution in [2.24, 2.45) is 5.73 Å². The molecule has 1 amide bonds. The molecule has 0 aliphatic carbocycles. The Kier molecular flexibility index (Phi) is 6.61. The van der Waals surface area contributed by atoms with Gasteiger partial charge in [-0.2, -0.15) is 0 Å². The van der Waals surface area contributed by atoms with Crippen molar-refractivity contribution < 1.29 is 9.90 Å². The summed E-state index contributed by atoms with van der Waals surface area (Å²) in [5, 5.41) is 10.2. The number of carbonyl (C=O) groups excluding carboxylic acids is 1. The molecule has 184 valence electrons. The zero-order valence-corrected chi connectivity index (χ0v) is 20.8. The molecule has 4 N–H and O–H groups in total. The Morgan fingerprint density at radius 1 is 1.06 bits per heavy atom. The van der Waals surface area contributed by atoms with Crippen LogP contribution in [0.3, 0.4) is 0 Å². The fraction of sp³-hybridized carbons (Fsp3) is 0.267. The first-order valence-corrected chi connectivity index (χ1v) is 12.6. The number of phenolic OH excluding ortho intramolecular Hbond substituents is 1. The van der Waals surface area contributed by atoms with E-state index in [1.807, 2.05) is 42.6 Å². The van der Waals surface area contributed by atoms with Crippen LogP contribution in [-0.4, -0.2) is 32.4 Å². The lowest BCUT2D eigenvalue weighted by Gasteiger charge is -2.39. The molecule has 1 aliphatic heterocycles. The quantitative estimate of drug-likeness (QED) is 0.341. The number of hydrogen-bond donors (Lipinski definition) is 3. The first kappa shape index (κ1) is 23.8. The van der Waals surface area contributed by atoms with E-state index in [2.05, 4.69) is 46.9 Å². The second kappa shape index (κ2) is 9.99. The molecule has 1 aliphatic rings. The minimum absolute atomic E-state index is 0.0139. The number of primary amides is 1. The summed E-state index contributed by atoms with van der Waals surface area (Å²) in [6.07, 6.45) is 4.31. The van der Waals surface area contributed by atoms with Gasteiger partial charge in [-0.3, -0.25) is 9.69 Å².